The van der Waals surface area contributed by atoms with Gasteiger partial charge in [-0.3, -0.25) is 9.69 Å². The van der Waals surface area contributed by atoms with E-state index in [4.69, 9.17) is 0 Å². The van der Waals surface area contributed by atoms with E-state index in [2.05, 4.69) is 18.7 Å². The van der Waals surface area contributed by atoms with Crippen LogP contribution >= 0.6 is 0 Å². The van der Waals surface area contributed by atoms with Crippen LogP contribution in [-0.4, -0.2) is 34.6 Å². The van der Waals surface area contributed by atoms with Crippen LogP contribution in [0.4, 0.5) is 0 Å². The first-order chi connectivity index (χ1) is 7.57. The van der Waals surface area contributed by atoms with Crippen LogP contribution in [0.5, 0.6) is 0 Å². The summed E-state index contributed by atoms with van der Waals surface area (Å²) < 4.78 is 0. The quantitative estimate of drug-likeness (QED) is 0.784. The molecule has 0 radical (unpaired) electrons. The van der Waals surface area contributed by atoms with Crippen LogP contribution in [0.25, 0.3) is 0 Å². The van der Waals surface area contributed by atoms with E-state index < -0.39 is 11.5 Å². The first kappa shape index (κ1) is 11.9. The van der Waals surface area contributed by atoms with E-state index in [-0.39, 0.29) is 5.92 Å². The number of carboxylic acid groups (broad SMARTS) is 1. The van der Waals surface area contributed by atoms with Gasteiger partial charge in [0.05, 0.1) is 0 Å². The lowest BCUT2D eigenvalue weighted by molar-refractivity contribution is -0.158. The van der Waals surface area contributed by atoms with Gasteiger partial charge in [-0.2, -0.15) is 0 Å². The zero-order valence-electron chi connectivity index (χ0n) is 10.4. The van der Waals surface area contributed by atoms with Crippen molar-refractivity contribution in [3.63, 3.8) is 0 Å². The Kier molecular flexibility index (Phi) is 3.24. The van der Waals surface area contributed by atoms with E-state index in [9.17, 15) is 9.90 Å². The number of hydrogen-bond donors (Lipinski definition) is 1. The van der Waals surface area contributed by atoms with Crippen LogP contribution in [0.3, 0.4) is 0 Å². The molecule has 0 aromatic heterocycles. The second kappa shape index (κ2) is 4.36. The molecule has 3 unspecified atom stereocenters. The van der Waals surface area contributed by atoms with Crippen molar-refractivity contribution in [2.75, 3.05) is 13.1 Å². The molecule has 1 aliphatic heterocycles. The molecule has 0 amide bonds. The molecule has 1 saturated heterocycles. The van der Waals surface area contributed by atoms with Crippen molar-refractivity contribution in [1.82, 2.24) is 4.90 Å². The van der Waals surface area contributed by atoms with Crippen LogP contribution < -0.4 is 0 Å². The lowest BCUT2D eigenvalue weighted by Crippen LogP contribution is -2.59. The molecule has 0 aromatic rings. The zero-order chi connectivity index (χ0) is 11.8. The zero-order valence-corrected chi connectivity index (χ0v) is 10.4. The Morgan fingerprint density at radius 1 is 1.31 bits per heavy atom. The number of hydrogen-bond acceptors (Lipinski definition) is 2. The molecular formula is C13H23NO2. The minimum atomic E-state index is -0.589. The van der Waals surface area contributed by atoms with Gasteiger partial charge in [0.1, 0.15) is 5.54 Å². The second-order valence-corrected chi connectivity index (χ2v) is 5.70. The summed E-state index contributed by atoms with van der Waals surface area (Å²) in [5.41, 5.74) is -0.553. The minimum Gasteiger partial charge on any atom is -0.480 e. The van der Waals surface area contributed by atoms with Gasteiger partial charge in [-0.1, -0.05) is 13.8 Å². The number of rotatable bonds is 2. The first-order valence-corrected chi connectivity index (χ1v) is 6.56. The molecule has 2 fully saturated rings. The number of likely N-dealkylation sites (tertiary alicyclic amines) is 1. The van der Waals surface area contributed by atoms with Crippen LogP contribution in [0, 0.1) is 11.8 Å². The monoisotopic (exact) mass is 225 g/mol. The van der Waals surface area contributed by atoms with E-state index in [0.717, 1.165) is 45.2 Å². The minimum absolute atomic E-state index is 0.284. The lowest BCUT2D eigenvalue weighted by Gasteiger charge is -2.47. The third-order valence-corrected chi connectivity index (χ3v) is 4.63. The fourth-order valence-corrected chi connectivity index (χ4v) is 3.67. The fraction of sp³-hybridized carbons (Fsp3) is 0.923. The van der Waals surface area contributed by atoms with Crippen molar-refractivity contribution >= 4 is 5.97 Å². The summed E-state index contributed by atoms with van der Waals surface area (Å²) >= 11 is 0. The Labute approximate surface area is 97.8 Å². The van der Waals surface area contributed by atoms with Crippen LogP contribution in [0.1, 0.15) is 46.0 Å². The summed E-state index contributed by atoms with van der Waals surface area (Å²) in [5.74, 6) is 0.380. The van der Waals surface area contributed by atoms with Gasteiger partial charge in [0.15, 0.2) is 0 Å². The van der Waals surface area contributed by atoms with Gasteiger partial charge in [-0.15, -0.1) is 0 Å². The maximum Gasteiger partial charge on any atom is 0.324 e. The topological polar surface area (TPSA) is 40.5 Å². The number of aliphatic carboxylic acids is 1. The summed E-state index contributed by atoms with van der Waals surface area (Å²) in [6.07, 6.45) is 5.29. The SMILES string of the molecule is CC1CCC(C(=O)O)(N2CCCC2)C(C)C1. The van der Waals surface area contributed by atoms with E-state index in [0.29, 0.717) is 5.92 Å². The van der Waals surface area contributed by atoms with E-state index >= 15 is 0 Å². The van der Waals surface area contributed by atoms with Gasteiger partial charge in [-0.25, -0.2) is 0 Å². The van der Waals surface area contributed by atoms with Gasteiger partial charge in [0, 0.05) is 0 Å². The van der Waals surface area contributed by atoms with Crippen molar-refractivity contribution in [2.24, 2.45) is 11.8 Å². The van der Waals surface area contributed by atoms with E-state index in [1.165, 1.54) is 0 Å². The number of carboxylic acids is 1. The van der Waals surface area contributed by atoms with Crippen molar-refractivity contribution in [1.29, 1.82) is 0 Å². The molecule has 1 heterocycles. The van der Waals surface area contributed by atoms with Crippen LogP contribution in [-0.2, 0) is 4.79 Å². The van der Waals surface area contributed by atoms with Gasteiger partial charge < -0.3 is 5.11 Å². The summed E-state index contributed by atoms with van der Waals surface area (Å²) in [4.78, 5) is 14.0. The highest BCUT2D eigenvalue weighted by atomic mass is 16.4. The third kappa shape index (κ3) is 1.75. The molecule has 0 spiro atoms. The molecule has 3 heteroatoms. The third-order valence-electron chi connectivity index (χ3n) is 4.63. The second-order valence-electron chi connectivity index (χ2n) is 5.70. The molecule has 16 heavy (non-hydrogen) atoms. The molecule has 0 aromatic carbocycles. The van der Waals surface area contributed by atoms with Crippen molar-refractivity contribution < 1.29 is 9.90 Å². The highest BCUT2D eigenvalue weighted by molar-refractivity contribution is 5.79. The van der Waals surface area contributed by atoms with E-state index in [1.54, 1.807) is 0 Å². The Morgan fingerprint density at radius 3 is 2.44 bits per heavy atom. The summed E-state index contributed by atoms with van der Waals surface area (Å²) in [5, 5.41) is 9.66. The maximum absolute atomic E-state index is 11.7. The fourth-order valence-electron chi connectivity index (χ4n) is 3.67. The molecule has 0 bridgehead atoms. The molecule has 1 aliphatic carbocycles. The first-order valence-electron chi connectivity index (χ1n) is 6.56. The van der Waals surface area contributed by atoms with Crippen molar-refractivity contribution in [3.8, 4) is 0 Å². The van der Waals surface area contributed by atoms with E-state index in [1.807, 2.05) is 0 Å². The molecule has 2 rings (SSSR count). The molecule has 3 atom stereocenters. The molecule has 1 N–H and O–H groups in total. The maximum atomic E-state index is 11.7. The lowest BCUT2D eigenvalue weighted by atomic mass is 9.69. The Bertz CT molecular complexity index is 273. The molecule has 3 nitrogen and oxygen atoms in total. The normalized spacial score (nSPS) is 41.1. The van der Waals surface area contributed by atoms with Gasteiger partial charge >= 0.3 is 5.97 Å². The van der Waals surface area contributed by atoms with Crippen LogP contribution in [0.2, 0.25) is 0 Å². The predicted octanol–water partition coefficient (Wildman–Crippen LogP) is 2.36. The number of carbonyl (C=O) groups is 1. The van der Waals surface area contributed by atoms with Gasteiger partial charge in [-0.05, 0) is 57.0 Å². The highest BCUT2D eigenvalue weighted by Crippen LogP contribution is 2.42. The molecular weight excluding hydrogens is 202 g/mol. The Morgan fingerprint density at radius 2 is 1.94 bits per heavy atom. The predicted molar refractivity (Wildman–Crippen MR) is 63.4 cm³/mol. The molecule has 1 saturated carbocycles. The van der Waals surface area contributed by atoms with Crippen molar-refractivity contribution in [3.05, 3.63) is 0 Å². The Hall–Kier alpha value is -0.570. The van der Waals surface area contributed by atoms with Gasteiger partial charge in [0.25, 0.3) is 0 Å². The summed E-state index contributed by atoms with van der Waals surface area (Å²) in [7, 11) is 0. The highest BCUT2D eigenvalue weighted by Gasteiger charge is 2.51. The number of nitrogens with zero attached hydrogens (tertiary/aromatic N) is 1. The van der Waals surface area contributed by atoms with Crippen molar-refractivity contribution in [2.45, 2.75) is 51.5 Å². The molecule has 92 valence electrons. The molecule has 2 aliphatic rings. The summed E-state index contributed by atoms with van der Waals surface area (Å²) in [6, 6.07) is 0. The van der Waals surface area contributed by atoms with Gasteiger partial charge in [0.2, 0.25) is 0 Å². The van der Waals surface area contributed by atoms with Crippen LogP contribution in [0.15, 0.2) is 0 Å². The standard InChI is InChI=1S/C13H23NO2/c1-10-5-6-13(12(15)16,11(2)9-10)14-7-3-4-8-14/h10-11H,3-9H2,1-2H3,(H,15,16). The average Bonchev–Trinajstić information content (AvgIpc) is 2.71. The largest absolute Gasteiger partial charge is 0.480 e. The summed E-state index contributed by atoms with van der Waals surface area (Å²) in [6.45, 7) is 6.32. The smallest absolute Gasteiger partial charge is 0.324 e. The Balaban J connectivity index is 2.23. The average molecular weight is 225 g/mol.